The van der Waals surface area contributed by atoms with E-state index < -0.39 is 0 Å². The van der Waals surface area contributed by atoms with Crippen LogP contribution in [0.5, 0.6) is 0 Å². The van der Waals surface area contributed by atoms with Crippen LogP contribution >= 0.6 is 0 Å². The summed E-state index contributed by atoms with van der Waals surface area (Å²) in [7, 11) is 0. The van der Waals surface area contributed by atoms with Gasteiger partial charge in [0.15, 0.2) is 0 Å². The largest absolute Gasteiger partial charge is 0.0853 e. The molecule has 0 heterocycles. The lowest BCUT2D eigenvalue weighted by molar-refractivity contribution is 0.537. The molecular formula is C15H28. The Kier molecular flexibility index (Phi) is 6.63. The molecule has 0 atom stereocenters. The van der Waals surface area contributed by atoms with Crippen LogP contribution in [0.3, 0.4) is 0 Å². The van der Waals surface area contributed by atoms with Crippen molar-refractivity contribution in [3.63, 3.8) is 0 Å². The smallest absolute Gasteiger partial charge is 0.0201 e. The van der Waals surface area contributed by atoms with Crippen molar-refractivity contribution in [1.82, 2.24) is 0 Å². The molecule has 0 bridgehead atoms. The monoisotopic (exact) mass is 208 g/mol. The van der Waals surface area contributed by atoms with Gasteiger partial charge in [0, 0.05) is 0 Å². The molecule has 0 aromatic heterocycles. The molecule has 0 saturated heterocycles. The van der Waals surface area contributed by atoms with Crippen LogP contribution in [0.4, 0.5) is 0 Å². The van der Waals surface area contributed by atoms with Crippen molar-refractivity contribution in [2.75, 3.05) is 0 Å². The Hall–Kier alpha value is -0.520. The van der Waals surface area contributed by atoms with E-state index in [2.05, 4.69) is 53.7 Å². The van der Waals surface area contributed by atoms with Crippen LogP contribution < -0.4 is 0 Å². The van der Waals surface area contributed by atoms with Crippen molar-refractivity contribution < 1.29 is 0 Å². The number of rotatable bonds is 5. The predicted molar refractivity (Wildman–Crippen MR) is 71.1 cm³/mol. The molecule has 0 nitrogen and oxygen atoms in total. The first-order valence-corrected chi connectivity index (χ1v) is 6.19. The van der Waals surface area contributed by atoms with Gasteiger partial charge in [-0.05, 0) is 38.5 Å². The van der Waals surface area contributed by atoms with Crippen LogP contribution in [-0.2, 0) is 0 Å². The molecule has 0 N–H and O–H groups in total. The lowest BCUT2D eigenvalue weighted by Gasteiger charge is -2.13. The second-order valence-electron chi connectivity index (χ2n) is 5.70. The molecule has 0 rings (SSSR count). The van der Waals surface area contributed by atoms with Crippen LogP contribution in [0.15, 0.2) is 23.3 Å². The van der Waals surface area contributed by atoms with Gasteiger partial charge in [0.1, 0.15) is 0 Å². The molecule has 0 fully saturated rings. The van der Waals surface area contributed by atoms with E-state index in [0.717, 1.165) is 0 Å². The Morgan fingerprint density at radius 2 is 1.60 bits per heavy atom. The zero-order valence-electron chi connectivity index (χ0n) is 11.5. The van der Waals surface area contributed by atoms with Crippen molar-refractivity contribution in [1.29, 1.82) is 0 Å². The van der Waals surface area contributed by atoms with Crippen molar-refractivity contribution in [3.8, 4) is 0 Å². The fraction of sp³-hybridized carbons (Fsp3) is 0.733. The highest BCUT2D eigenvalue weighted by molar-refractivity contribution is 5.06. The summed E-state index contributed by atoms with van der Waals surface area (Å²) in [6, 6.07) is 0. The van der Waals surface area contributed by atoms with Gasteiger partial charge in [0.25, 0.3) is 0 Å². The molecular weight excluding hydrogens is 180 g/mol. The third-order valence-electron chi connectivity index (χ3n) is 2.36. The van der Waals surface area contributed by atoms with E-state index in [1.807, 2.05) is 0 Å². The number of allylic oxidation sites excluding steroid dienone is 4. The fourth-order valence-corrected chi connectivity index (χ4v) is 1.85. The van der Waals surface area contributed by atoms with Gasteiger partial charge < -0.3 is 0 Å². The Bertz CT molecular complexity index is 223. The van der Waals surface area contributed by atoms with E-state index in [9.17, 15) is 0 Å². The number of hydrogen-bond acceptors (Lipinski definition) is 0. The first kappa shape index (κ1) is 14.5. The second kappa shape index (κ2) is 6.87. The first-order chi connectivity index (χ1) is 6.85. The van der Waals surface area contributed by atoms with Crippen LogP contribution in [0.2, 0.25) is 0 Å². The van der Waals surface area contributed by atoms with Crippen LogP contribution in [0, 0.1) is 5.41 Å². The standard InChI is InChI=1S/C15H28/c1-7-9-13(2)10-8-11-14(3)12-15(4,5)6/h10,12H,7-9,11H2,1-6H3/b13-10+,14-12+. The summed E-state index contributed by atoms with van der Waals surface area (Å²) in [5, 5.41) is 0. The Balaban J connectivity index is 3.96. The minimum absolute atomic E-state index is 0.326. The van der Waals surface area contributed by atoms with Gasteiger partial charge in [-0.15, -0.1) is 0 Å². The maximum absolute atomic E-state index is 2.39. The van der Waals surface area contributed by atoms with Gasteiger partial charge >= 0.3 is 0 Å². The first-order valence-electron chi connectivity index (χ1n) is 6.19. The van der Waals surface area contributed by atoms with Gasteiger partial charge in [-0.1, -0.05) is 57.4 Å². The molecule has 0 aromatic carbocycles. The second-order valence-corrected chi connectivity index (χ2v) is 5.70. The van der Waals surface area contributed by atoms with Crippen LogP contribution in [0.25, 0.3) is 0 Å². The van der Waals surface area contributed by atoms with E-state index >= 15 is 0 Å². The molecule has 0 aromatic rings. The van der Waals surface area contributed by atoms with Crippen molar-refractivity contribution in [2.24, 2.45) is 5.41 Å². The van der Waals surface area contributed by atoms with Gasteiger partial charge in [-0.2, -0.15) is 0 Å². The van der Waals surface area contributed by atoms with Crippen LogP contribution in [-0.4, -0.2) is 0 Å². The van der Waals surface area contributed by atoms with Crippen molar-refractivity contribution >= 4 is 0 Å². The summed E-state index contributed by atoms with van der Waals surface area (Å²) in [5.74, 6) is 0. The summed E-state index contributed by atoms with van der Waals surface area (Å²) in [5.41, 5.74) is 3.39. The third kappa shape index (κ3) is 9.78. The summed E-state index contributed by atoms with van der Waals surface area (Å²) < 4.78 is 0. The maximum atomic E-state index is 2.39. The molecule has 0 aliphatic carbocycles. The maximum Gasteiger partial charge on any atom is -0.0201 e. The lowest BCUT2D eigenvalue weighted by Crippen LogP contribution is -2.00. The van der Waals surface area contributed by atoms with E-state index in [-0.39, 0.29) is 0 Å². The third-order valence-corrected chi connectivity index (χ3v) is 2.36. The van der Waals surface area contributed by atoms with Crippen LogP contribution in [0.1, 0.15) is 67.2 Å². The predicted octanol–water partition coefficient (Wildman–Crippen LogP) is 5.51. The van der Waals surface area contributed by atoms with E-state index in [1.54, 1.807) is 5.57 Å². The summed E-state index contributed by atoms with van der Waals surface area (Å²) in [4.78, 5) is 0. The minimum Gasteiger partial charge on any atom is -0.0853 e. The Labute approximate surface area is 96.5 Å². The number of hydrogen-bond donors (Lipinski definition) is 0. The fourth-order valence-electron chi connectivity index (χ4n) is 1.85. The normalized spacial score (nSPS) is 14.5. The lowest BCUT2D eigenvalue weighted by atomic mass is 9.92. The SMILES string of the molecule is CCC/C(C)=C/CC/C(C)=C/C(C)(C)C. The molecule has 0 heteroatoms. The molecule has 0 amide bonds. The van der Waals surface area contributed by atoms with Gasteiger partial charge in [0.2, 0.25) is 0 Å². The summed E-state index contributed by atoms with van der Waals surface area (Å²) >= 11 is 0. The van der Waals surface area contributed by atoms with E-state index in [1.165, 1.54) is 31.3 Å². The van der Waals surface area contributed by atoms with Gasteiger partial charge in [-0.25, -0.2) is 0 Å². The highest BCUT2D eigenvalue weighted by atomic mass is 14.1. The minimum atomic E-state index is 0.326. The zero-order valence-corrected chi connectivity index (χ0v) is 11.5. The van der Waals surface area contributed by atoms with Crippen molar-refractivity contribution in [2.45, 2.75) is 67.2 Å². The molecule has 0 saturated carbocycles. The van der Waals surface area contributed by atoms with Crippen molar-refractivity contribution in [3.05, 3.63) is 23.3 Å². The quantitative estimate of drug-likeness (QED) is 0.523. The summed E-state index contributed by atoms with van der Waals surface area (Å²) in [6.45, 7) is 13.5. The molecule has 15 heavy (non-hydrogen) atoms. The van der Waals surface area contributed by atoms with Gasteiger partial charge in [0.05, 0.1) is 0 Å². The Morgan fingerprint density at radius 3 is 2.07 bits per heavy atom. The van der Waals surface area contributed by atoms with Gasteiger partial charge in [-0.3, -0.25) is 0 Å². The highest BCUT2D eigenvalue weighted by Crippen LogP contribution is 2.20. The highest BCUT2D eigenvalue weighted by Gasteiger charge is 2.05. The molecule has 0 aliphatic heterocycles. The molecule has 0 aliphatic rings. The van der Waals surface area contributed by atoms with E-state index in [4.69, 9.17) is 0 Å². The zero-order chi connectivity index (χ0) is 11.9. The molecule has 0 radical (unpaired) electrons. The average molecular weight is 208 g/mol. The topological polar surface area (TPSA) is 0 Å². The average Bonchev–Trinajstić information content (AvgIpc) is 2.00. The van der Waals surface area contributed by atoms with E-state index in [0.29, 0.717) is 5.41 Å². The summed E-state index contributed by atoms with van der Waals surface area (Å²) in [6.07, 6.45) is 9.70. The molecule has 88 valence electrons. The molecule has 0 spiro atoms. The Morgan fingerprint density at radius 1 is 1.00 bits per heavy atom. The molecule has 0 unspecified atom stereocenters.